The molecule has 0 bridgehead atoms. The van der Waals surface area contributed by atoms with E-state index in [0.717, 1.165) is 58.5 Å². The highest BCUT2D eigenvalue weighted by molar-refractivity contribution is 7.27. The molecule has 0 amide bonds. The fraction of sp³-hybridized carbons (Fsp3) is 0. The van der Waals surface area contributed by atoms with E-state index in [1.165, 1.54) is 0 Å². The Labute approximate surface area is 301 Å². The predicted octanol–water partition coefficient (Wildman–Crippen LogP) is 9.40. The van der Waals surface area contributed by atoms with Gasteiger partial charge in [0.05, 0.1) is 10.9 Å². The maximum Gasteiger partial charge on any atom is 0.182 e. The summed E-state index contributed by atoms with van der Waals surface area (Å²) in [6.07, 6.45) is 0. The van der Waals surface area contributed by atoms with Crippen molar-refractivity contribution in [2.24, 2.45) is 0 Å². The second-order valence-corrected chi connectivity index (χ2v) is 13.7. The number of thiophene rings is 1. The molecule has 0 atom stereocenters. The number of benzene rings is 7. The number of hydrogen-bond acceptors (Lipinski definition) is 7. The molecular weight excluding hydrogens is 663 g/mol. The van der Waals surface area contributed by atoms with Gasteiger partial charge in [0, 0.05) is 58.7 Å². The van der Waals surface area contributed by atoms with Crippen molar-refractivity contribution in [2.45, 2.75) is 0 Å². The Morgan fingerprint density at radius 2 is 0.981 bits per heavy atom. The van der Waals surface area contributed by atoms with Crippen LogP contribution in [0.25, 0.3) is 92.6 Å². The van der Waals surface area contributed by atoms with Gasteiger partial charge in [-0.05, 0) is 35.8 Å². The molecule has 0 saturated carbocycles. The number of phenols is 3. The molecule has 3 N–H and O–H groups in total. The van der Waals surface area contributed by atoms with Crippen LogP contribution in [0.2, 0.25) is 0 Å². The maximum atomic E-state index is 11.7. The lowest BCUT2D eigenvalue weighted by molar-refractivity contribution is 0.405. The van der Waals surface area contributed by atoms with Crippen molar-refractivity contribution in [3.05, 3.63) is 133 Å². The Bertz CT molecular complexity index is 2990. The van der Waals surface area contributed by atoms with Crippen molar-refractivity contribution in [3.63, 3.8) is 0 Å². The fourth-order valence-corrected chi connectivity index (χ4v) is 8.59. The second-order valence-electron chi connectivity index (χ2n) is 12.7. The first kappa shape index (κ1) is 30.1. The lowest BCUT2D eigenvalue weighted by Crippen LogP contribution is -2.05. The molecule has 0 spiro atoms. The van der Waals surface area contributed by atoms with Crippen LogP contribution in [0.1, 0.15) is 0 Å². The van der Waals surface area contributed by atoms with Crippen molar-refractivity contribution in [1.82, 2.24) is 19.5 Å². The summed E-state index contributed by atoms with van der Waals surface area (Å²) in [5.74, 6) is 0.341. The normalized spacial score (nSPS) is 11.8. The van der Waals surface area contributed by atoms with Crippen LogP contribution in [0, 0.1) is 0 Å². The molecule has 244 valence electrons. The smallest absolute Gasteiger partial charge is 0.182 e. The summed E-state index contributed by atoms with van der Waals surface area (Å²) >= 11 is 1.68. The number of aromatic hydroxyl groups is 3. The lowest BCUT2D eigenvalue weighted by Gasteiger charge is -2.13. The van der Waals surface area contributed by atoms with Crippen molar-refractivity contribution in [2.75, 3.05) is 0 Å². The van der Waals surface area contributed by atoms with Crippen molar-refractivity contribution < 1.29 is 15.3 Å². The number of phenolic OH excluding ortho intramolecular Hbond substituents is 3. The van der Waals surface area contributed by atoms with Gasteiger partial charge < -0.3 is 19.9 Å². The molecule has 10 aromatic rings. The third-order valence-electron chi connectivity index (χ3n) is 9.72. The van der Waals surface area contributed by atoms with Gasteiger partial charge in [-0.25, -0.2) is 15.0 Å². The summed E-state index contributed by atoms with van der Waals surface area (Å²) in [7, 11) is 6.24. The van der Waals surface area contributed by atoms with Gasteiger partial charge in [0.1, 0.15) is 19.1 Å². The van der Waals surface area contributed by atoms with Gasteiger partial charge in [-0.15, -0.1) is 11.3 Å². The van der Waals surface area contributed by atoms with Crippen LogP contribution in [-0.2, 0) is 0 Å². The number of nitrogens with zero attached hydrogens (tertiary/aromatic N) is 4. The molecule has 0 aliphatic carbocycles. The van der Waals surface area contributed by atoms with E-state index < -0.39 is 11.5 Å². The highest BCUT2D eigenvalue weighted by atomic mass is 32.1. The quantitative estimate of drug-likeness (QED) is 0.0967. The SMILES string of the molecule is [B]c1c(O)c(O)c2c(c1O)c1c3c4ccccc4sc3c3ccccc3c1n2-c1ccc(-c2nc(-c3ccccc3)nc(-c3ccccc3)n2)cc1. The molecule has 9 heteroatoms. The molecule has 0 unspecified atom stereocenters. The van der Waals surface area contributed by atoms with Crippen molar-refractivity contribution in [1.29, 1.82) is 0 Å². The van der Waals surface area contributed by atoms with E-state index in [9.17, 15) is 15.3 Å². The standard InChI is InChI=1S/C43H25BN4O3S/c44-34-37(49)33-32-31-29-17-9-10-18-30(29)52-40(31)28-16-8-7-15-27(28)35(32)48(36(33)39(51)38(34)50)26-21-19-25(20-22-26)43-46-41(23-11-3-1-4-12-23)45-42(47-43)24-13-5-2-6-14-24/h1-22,49-51H. The molecule has 0 fully saturated rings. The van der Waals surface area contributed by atoms with Gasteiger partial charge in [0.15, 0.2) is 29.0 Å². The highest BCUT2D eigenvalue weighted by Gasteiger charge is 2.28. The van der Waals surface area contributed by atoms with E-state index in [2.05, 4.69) is 18.2 Å². The first-order valence-corrected chi connectivity index (χ1v) is 17.5. The lowest BCUT2D eigenvalue weighted by atomic mass is 9.90. The molecule has 7 nitrogen and oxygen atoms in total. The van der Waals surface area contributed by atoms with Gasteiger partial charge in [0.25, 0.3) is 0 Å². The average molecular weight is 689 g/mol. The molecule has 52 heavy (non-hydrogen) atoms. The van der Waals surface area contributed by atoms with Gasteiger partial charge in [0.2, 0.25) is 0 Å². The molecule has 0 saturated heterocycles. The van der Waals surface area contributed by atoms with Gasteiger partial charge in [-0.3, -0.25) is 0 Å². The zero-order valence-electron chi connectivity index (χ0n) is 27.3. The Morgan fingerprint density at radius 1 is 0.462 bits per heavy atom. The van der Waals surface area contributed by atoms with Crippen LogP contribution in [0.5, 0.6) is 17.2 Å². The molecule has 0 aliphatic heterocycles. The topological polar surface area (TPSA) is 104 Å². The minimum absolute atomic E-state index is 0.248. The molecular formula is C43H25BN4O3S. The van der Waals surface area contributed by atoms with E-state index in [-0.39, 0.29) is 16.7 Å². The zero-order valence-corrected chi connectivity index (χ0v) is 28.1. The Balaban J connectivity index is 1.27. The van der Waals surface area contributed by atoms with Gasteiger partial charge in [-0.1, -0.05) is 103 Å². The minimum Gasteiger partial charge on any atom is -0.508 e. The Kier molecular flexibility index (Phi) is 6.62. The van der Waals surface area contributed by atoms with Crippen LogP contribution in [-0.4, -0.2) is 42.7 Å². The molecule has 10 rings (SSSR count). The molecule has 2 radical (unpaired) electrons. The average Bonchev–Trinajstić information content (AvgIpc) is 3.77. The number of hydrogen-bond donors (Lipinski definition) is 3. The monoisotopic (exact) mass is 688 g/mol. The molecule has 0 aliphatic rings. The van der Waals surface area contributed by atoms with E-state index >= 15 is 0 Å². The fourth-order valence-electron chi connectivity index (χ4n) is 7.34. The summed E-state index contributed by atoms with van der Waals surface area (Å²) in [6.45, 7) is 0. The van der Waals surface area contributed by atoms with Crippen LogP contribution in [0.4, 0.5) is 0 Å². The van der Waals surface area contributed by atoms with E-state index in [1.807, 2.05) is 120 Å². The first-order chi connectivity index (χ1) is 25.5. The summed E-state index contributed by atoms with van der Waals surface area (Å²) in [4.78, 5) is 14.6. The van der Waals surface area contributed by atoms with E-state index in [4.69, 9.17) is 22.8 Å². The zero-order chi connectivity index (χ0) is 35.1. The number of aromatic nitrogens is 4. The maximum absolute atomic E-state index is 11.7. The van der Waals surface area contributed by atoms with Crippen LogP contribution < -0.4 is 5.46 Å². The molecule has 3 aromatic heterocycles. The summed E-state index contributed by atoms with van der Waals surface area (Å²) in [5, 5.41) is 39.3. The Hall–Kier alpha value is -6.71. The third-order valence-corrected chi connectivity index (χ3v) is 10.9. The van der Waals surface area contributed by atoms with Crippen LogP contribution >= 0.6 is 11.3 Å². The van der Waals surface area contributed by atoms with E-state index in [1.54, 1.807) is 11.3 Å². The molecule has 7 aromatic carbocycles. The van der Waals surface area contributed by atoms with Crippen LogP contribution in [0.3, 0.4) is 0 Å². The Morgan fingerprint density at radius 3 is 1.60 bits per heavy atom. The van der Waals surface area contributed by atoms with Crippen molar-refractivity contribution in [3.8, 4) is 57.1 Å². The number of rotatable bonds is 4. The second kappa shape index (κ2) is 11.4. The predicted molar refractivity (Wildman–Crippen MR) is 211 cm³/mol. The van der Waals surface area contributed by atoms with Gasteiger partial charge in [-0.2, -0.15) is 0 Å². The summed E-state index contributed by atoms with van der Waals surface area (Å²) in [6, 6.07) is 43.6. The third kappa shape index (κ3) is 4.36. The number of fused-ring (bicyclic) bond motifs is 10. The van der Waals surface area contributed by atoms with Gasteiger partial charge >= 0.3 is 0 Å². The largest absolute Gasteiger partial charge is 0.508 e. The molecule has 3 heterocycles. The highest BCUT2D eigenvalue weighted by Crippen LogP contribution is 2.52. The first-order valence-electron chi connectivity index (χ1n) is 16.7. The summed E-state index contributed by atoms with van der Waals surface area (Å²) < 4.78 is 4.05. The minimum atomic E-state index is -0.575. The van der Waals surface area contributed by atoms with Crippen LogP contribution in [0.15, 0.2) is 133 Å². The summed E-state index contributed by atoms with van der Waals surface area (Å²) in [5.41, 5.74) is 3.93. The van der Waals surface area contributed by atoms with Crippen molar-refractivity contribution >= 4 is 77.4 Å². The van der Waals surface area contributed by atoms with E-state index in [0.29, 0.717) is 28.5 Å².